The molecular weight excluding hydrogens is 442 g/mol. The third-order valence-electron chi connectivity index (χ3n) is 6.55. The Kier molecular flexibility index (Phi) is 6.44. The molecule has 1 aliphatic heterocycles. The van der Waals surface area contributed by atoms with Gasteiger partial charge in [-0.3, -0.25) is 4.90 Å². The maximum atomic E-state index is 13.6. The summed E-state index contributed by atoms with van der Waals surface area (Å²) in [7, 11) is -3.54. The molecule has 1 fully saturated rings. The van der Waals surface area contributed by atoms with Gasteiger partial charge in [0.15, 0.2) is 10.8 Å². The first-order chi connectivity index (χ1) is 15.2. The van der Waals surface area contributed by atoms with Gasteiger partial charge in [-0.25, -0.2) is 23.4 Å². The van der Waals surface area contributed by atoms with E-state index >= 15 is 0 Å². The van der Waals surface area contributed by atoms with Gasteiger partial charge in [-0.05, 0) is 68.5 Å². The molecule has 1 aliphatic rings. The lowest BCUT2D eigenvalue weighted by Gasteiger charge is -2.34. The lowest BCUT2D eigenvalue weighted by molar-refractivity contribution is 0.180. The molecule has 0 radical (unpaired) electrons. The second-order valence-electron chi connectivity index (χ2n) is 8.35. The molecule has 0 saturated carbocycles. The van der Waals surface area contributed by atoms with Crippen molar-refractivity contribution in [3.8, 4) is 10.8 Å². The zero-order chi connectivity index (χ0) is 23.0. The van der Waals surface area contributed by atoms with E-state index in [9.17, 15) is 8.42 Å². The first-order valence-corrected chi connectivity index (χ1v) is 13.0. The van der Waals surface area contributed by atoms with Crippen LogP contribution in [-0.4, -0.2) is 58.8 Å². The van der Waals surface area contributed by atoms with Crippen LogP contribution in [0.3, 0.4) is 0 Å². The van der Waals surface area contributed by atoms with Crippen molar-refractivity contribution in [1.29, 1.82) is 0 Å². The van der Waals surface area contributed by atoms with E-state index in [1.807, 2.05) is 33.1 Å². The predicted octanol–water partition coefficient (Wildman–Crippen LogP) is 3.65. The van der Waals surface area contributed by atoms with Gasteiger partial charge < -0.3 is 0 Å². The fourth-order valence-corrected chi connectivity index (χ4v) is 6.97. The summed E-state index contributed by atoms with van der Waals surface area (Å²) in [4.78, 5) is 15.9. The number of rotatable bonds is 5. The Morgan fingerprint density at radius 2 is 1.44 bits per heavy atom. The smallest absolute Gasteiger partial charge is 0.243 e. The van der Waals surface area contributed by atoms with Crippen LogP contribution < -0.4 is 0 Å². The maximum Gasteiger partial charge on any atom is 0.243 e. The SMILES string of the molecule is Cc1c(C)c(C)c(S(=O)(=O)N2CCN(Cc3csc(-c4ncccn4)n3)CC2)c(C)c1C. The molecule has 0 unspecified atom stereocenters. The summed E-state index contributed by atoms with van der Waals surface area (Å²) in [6.45, 7) is 12.9. The standard InChI is InChI=1S/C23H29N5O2S2/c1-15-16(2)18(4)21(19(5)17(15)3)32(29,30)28-11-9-27(10-12-28)13-20-14-31-23(26-20)22-24-7-6-8-25-22/h6-8,14H,9-13H2,1-5H3. The van der Waals surface area contributed by atoms with E-state index in [2.05, 4.69) is 26.8 Å². The van der Waals surface area contributed by atoms with E-state index in [1.165, 1.54) is 16.9 Å². The summed E-state index contributed by atoms with van der Waals surface area (Å²) >= 11 is 1.53. The van der Waals surface area contributed by atoms with Gasteiger partial charge in [0, 0.05) is 50.5 Å². The highest BCUT2D eigenvalue weighted by molar-refractivity contribution is 7.89. The predicted molar refractivity (Wildman–Crippen MR) is 127 cm³/mol. The summed E-state index contributed by atoms with van der Waals surface area (Å²) in [5, 5.41) is 2.83. The topological polar surface area (TPSA) is 79.3 Å². The lowest BCUT2D eigenvalue weighted by atomic mass is 9.95. The summed E-state index contributed by atoms with van der Waals surface area (Å²) in [5.41, 5.74) is 5.99. The van der Waals surface area contributed by atoms with E-state index in [0.717, 1.165) is 33.0 Å². The number of hydrogen-bond acceptors (Lipinski definition) is 7. The molecular formula is C23H29N5O2S2. The number of thiazole rings is 1. The molecule has 0 amide bonds. The number of nitrogens with zero attached hydrogens (tertiary/aromatic N) is 5. The van der Waals surface area contributed by atoms with Gasteiger partial charge in [-0.1, -0.05) is 0 Å². The molecule has 0 N–H and O–H groups in total. The van der Waals surface area contributed by atoms with E-state index in [0.29, 0.717) is 43.4 Å². The second kappa shape index (κ2) is 8.97. The third-order valence-corrected chi connectivity index (χ3v) is 9.62. The van der Waals surface area contributed by atoms with Crippen LogP contribution in [0.15, 0.2) is 28.7 Å². The minimum atomic E-state index is -3.54. The summed E-state index contributed by atoms with van der Waals surface area (Å²) < 4.78 is 28.7. The quantitative estimate of drug-likeness (QED) is 0.565. The maximum absolute atomic E-state index is 13.6. The normalized spacial score (nSPS) is 15.9. The van der Waals surface area contributed by atoms with E-state index in [-0.39, 0.29) is 0 Å². The zero-order valence-electron chi connectivity index (χ0n) is 19.2. The highest BCUT2D eigenvalue weighted by atomic mass is 32.2. The van der Waals surface area contributed by atoms with Crippen LogP contribution in [0.25, 0.3) is 10.8 Å². The molecule has 9 heteroatoms. The van der Waals surface area contributed by atoms with E-state index in [4.69, 9.17) is 0 Å². The second-order valence-corrected chi connectivity index (χ2v) is 11.1. The van der Waals surface area contributed by atoms with Crippen molar-refractivity contribution in [3.63, 3.8) is 0 Å². The highest BCUT2D eigenvalue weighted by Crippen LogP contribution is 2.32. The van der Waals surface area contributed by atoms with Gasteiger partial charge >= 0.3 is 0 Å². The molecule has 4 rings (SSSR count). The molecule has 0 aliphatic carbocycles. The first-order valence-electron chi connectivity index (χ1n) is 10.7. The average molecular weight is 472 g/mol. The van der Waals surface area contributed by atoms with Crippen molar-refractivity contribution >= 4 is 21.4 Å². The van der Waals surface area contributed by atoms with Gasteiger partial charge in [-0.2, -0.15) is 4.31 Å². The van der Waals surface area contributed by atoms with Crippen molar-refractivity contribution in [2.24, 2.45) is 0 Å². The average Bonchev–Trinajstić information content (AvgIpc) is 3.26. The van der Waals surface area contributed by atoms with Crippen LogP contribution in [0.4, 0.5) is 0 Å². The van der Waals surface area contributed by atoms with E-state index < -0.39 is 10.0 Å². The van der Waals surface area contributed by atoms with Crippen molar-refractivity contribution in [3.05, 3.63) is 57.4 Å². The summed E-state index contributed by atoms with van der Waals surface area (Å²) in [6.07, 6.45) is 3.42. The van der Waals surface area contributed by atoms with Crippen LogP contribution >= 0.6 is 11.3 Å². The van der Waals surface area contributed by atoms with Gasteiger partial charge in [-0.15, -0.1) is 11.3 Å². The van der Waals surface area contributed by atoms with Crippen LogP contribution in [-0.2, 0) is 16.6 Å². The fraction of sp³-hybridized carbons (Fsp3) is 0.435. The molecule has 7 nitrogen and oxygen atoms in total. The van der Waals surface area contributed by atoms with Crippen molar-refractivity contribution in [2.75, 3.05) is 26.2 Å². The number of benzene rings is 1. The monoisotopic (exact) mass is 471 g/mol. The Hall–Kier alpha value is -2.20. The highest BCUT2D eigenvalue weighted by Gasteiger charge is 2.32. The van der Waals surface area contributed by atoms with Crippen LogP contribution in [0.1, 0.15) is 33.5 Å². The van der Waals surface area contributed by atoms with Crippen molar-refractivity contribution in [1.82, 2.24) is 24.2 Å². The molecule has 3 aromatic rings. The summed E-state index contributed by atoms with van der Waals surface area (Å²) in [5.74, 6) is 0.633. The fourth-order valence-electron chi connectivity index (χ4n) is 4.23. The van der Waals surface area contributed by atoms with Gasteiger partial charge in [0.05, 0.1) is 10.6 Å². The molecule has 170 valence electrons. The molecule has 3 heterocycles. The minimum absolute atomic E-state index is 0.478. The molecule has 2 aromatic heterocycles. The van der Waals surface area contributed by atoms with Crippen LogP contribution in [0.2, 0.25) is 0 Å². The Bertz CT molecular complexity index is 1200. The molecule has 32 heavy (non-hydrogen) atoms. The third kappa shape index (κ3) is 4.22. The van der Waals surface area contributed by atoms with Gasteiger partial charge in [0.2, 0.25) is 10.0 Å². The molecule has 0 bridgehead atoms. The molecule has 0 atom stereocenters. The van der Waals surface area contributed by atoms with Crippen LogP contribution in [0, 0.1) is 34.6 Å². The number of aromatic nitrogens is 3. The van der Waals surface area contributed by atoms with Crippen molar-refractivity contribution < 1.29 is 8.42 Å². The molecule has 1 saturated heterocycles. The largest absolute Gasteiger partial charge is 0.295 e. The number of hydrogen-bond donors (Lipinski definition) is 0. The van der Waals surface area contributed by atoms with Gasteiger partial charge in [0.1, 0.15) is 0 Å². The Balaban J connectivity index is 1.46. The Morgan fingerprint density at radius 1 is 0.875 bits per heavy atom. The Morgan fingerprint density at radius 3 is 2.03 bits per heavy atom. The minimum Gasteiger partial charge on any atom is -0.295 e. The molecule has 1 aromatic carbocycles. The van der Waals surface area contributed by atoms with Gasteiger partial charge in [0.25, 0.3) is 0 Å². The van der Waals surface area contributed by atoms with Crippen molar-refractivity contribution in [2.45, 2.75) is 46.1 Å². The van der Waals surface area contributed by atoms with Crippen LogP contribution in [0.5, 0.6) is 0 Å². The number of piperazine rings is 1. The summed E-state index contributed by atoms with van der Waals surface area (Å²) in [6, 6.07) is 1.79. The molecule has 0 spiro atoms. The first kappa shape index (κ1) is 23.0. The number of sulfonamides is 1. The van der Waals surface area contributed by atoms with E-state index in [1.54, 1.807) is 22.8 Å². The lowest BCUT2D eigenvalue weighted by Crippen LogP contribution is -2.48. The Labute approximate surface area is 194 Å². The zero-order valence-corrected chi connectivity index (χ0v) is 20.8.